The molecule has 8 nitrogen and oxygen atoms in total. The molecule has 1 unspecified atom stereocenters. The van der Waals surface area contributed by atoms with Gasteiger partial charge in [-0.3, -0.25) is 10.1 Å². The van der Waals surface area contributed by atoms with Gasteiger partial charge in [-0.1, -0.05) is 6.07 Å². The monoisotopic (exact) mass is 339 g/mol. The topological polar surface area (TPSA) is 114 Å². The van der Waals surface area contributed by atoms with Crippen molar-refractivity contribution in [3.63, 3.8) is 0 Å². The van der Waals surface area contributed by atoms with Crippen molar-refractivity contribution in [1.82, 2.24) is 9.29 Å². The van der Waals surface area contributed by atoms with Gasteiger partial charge in [0, 0.05) is 37.6 Å². The smallest absolute Gasteiger partial charge is 0.270 e. The lowest BCUT2D eigenvalue weighted by Gasteiger charge is -2.14. The number of hydrogen-bond donors (Lipinski definition) is 2. The van der Waals surface area contributed by atoms with Crippen molar-refractivity contribution in [3.05, 3.63) is 57.9 Å². The predicted molar refractivity (Wildman–Crippen MR) is 83.4 cm³/mol. The van der Waals surface area contributed by atoms with E-state index in [1.807, 2.05) is 0 Å². The molecule has 2 aromatic rings. The lowest BCUT2D eigenvalue weighted by Crippen LogP contribution is -2.29. The van der Waals surface area contributed by atoms with Gasteiger partial charge in [0.1, 0.15) is 6.10 Å². The van der Waals surface area contributed by atoms with Gasteiger partial charge >= 0.3 is 0 Å². The minimum absolute atomic E-state index is 0.175. The second-order valence-corrected chi connectivity index (χ2v) is 6.85. The fraction of sp³-hybridized carbons (Fsp3) is 0.286. The van der Waals surface area contributed by atoms with E-state index in [0.29, 0.717) is 11.3 Å². The van der Waals surface area contributed by atoms with Crippen molar-refractivity contribution in [2.45, 2.75) is 17.9 Å². The summed E-state index contributed by atoms with van der Waals surface area (Å²) in [6.45, 7) is 1.31. The van der Waals surface area contributed by atoms with E-state index in [1.54, 1.807) is 36.9 Å². The molecule has 0 aliphatic rings. The predicted octanol–water partition coefficient (Wildman–Crippen LogP) is 1.25. The number of sulfonamides is 1. The first-order valence-corrected chi connectivity index (χ1v) is 8.24. The van der Waals surface area contributed by atoms with Crippen LogP contribution in [0.15, 0.2) is 41.4 Å². The largest absolute Gasteiger partial charge is 0.386 e. The van der Waals surface area contributed by atoms with Gasteiger partial charge in [0.15, 0.2) is 0 Å². The summed E-state index contributed by atoms with van der Waals surface area (Å²) in [6, 6.07) is 7.04. The highest BCUT2D eigenvalue weighted by molar-refractivity contribution is 7.89. The third-order valence-corrected chi connectivity index (χ3v) is 5.03. The van der Waals surface area contributed by atoms with Crippen molar-refractivity contribution in [2.24, 2.45) is 7.05 Å². The summed E-state index contributed by atoms with van der Waals surface area (Å²) in [6.07, 6.45) is 0.710. The van der Waals surface area contributed by atoms with Crippen LogP contribution in [0.3, 0.4) is 0 Å². The molecule has 0 amide bonds. The van der Waals surface area contributed by atoms with Crippen molar-refractivity contribution in [2.75, 3.05) is 6.54 Å². The van der Waals surface area contributed by atoms with Gasteiger partial charge in [-0.15, -0.1) is 0 Å². The molecule has 0 aliphatic carbocycles. The second-order valence-electron chi connectivity index (χ2n) is 5.12. The van der Waals surface area contributed by atoms with Crippen LogP contribution in [0.1, 0.15) is 17.4 Å². The Morgan fingerprint density at radius 3 is 2.65 bits per heavy atom. The molecule has 1 aromatic heterocycles. The Bertz CT molecular complexity index is 829. The molecular weight excluding hydrogens is 322 g/mol. The average molecular weight is 339 g/mol. The van der Waals surface area contributed by atoms with Crippen LogP contribution < -0.4 is 4.72 Å². The van der Waals surface area contributed by atoms with E-state index in [4.69, 9.17) is 0 Å². The molecular formula is C14H17N3O5S. The summed E-state index contributed by atoms with van der Waals surface area (Å²) in [5.41, 5.74) is 0.638. The molecule has 0 aliphatic heterocycles. The Morgan fingerprint density at radius 2 is 2.09 bits per heavy atom. The summed E-state index contributed by atoms with van der Waals surface area (Å²) in [5, 5.41) is 20.9. The molecule has 1 heterocycles. The molecule has 23 heavy (non-hydrogen) atoms. The molecule has 0 radical (unpaired) electrons. The first-order valence-electron chi connectivity index (χ1n) is 6.76. The van der Waals surface area contributed by atoms with Crippen molar-refractivity contribution >= 4 is 15.7 Å². The Morgan fingerprint density at radius 1 is 1.39 bits per heavy atom. The normalized spacial score (nSPS) is 13.0. The first-order chi connectivity index (χ1) is 10.7. The summed E-state index contributed by atoms with van der Waals surface area (Å²) in [7, 11) is -2.24. The van der Waals surface area contributed by atoms with Gasteiger partial charge in [-0.2, -0.15) is 0 Å². The van der Waals surface area contributed by atoms with Crippen LogP contribution in [-0.2, 0) is 17.1 Å². The van der Waals surface area contributed by atoms with E-state index in [1.165, 1.54) is 12.1 Å². The lowest BCUT2D eigenvalue weighted by molar-refractivity contribution is -0.385. The number of nitrogens with zero attached hydrogens (tertiary/aromatic N) is 2. The number of aromatic nitrogens is 1. The van der Waals surface area contributed by atoms with Crippen LogP contribution in [0.2, 0.25) is 0 Å². The molecule has 0 bridgehead atoms. The van der Waals surface area contributed by atoms with Crippen LogP contribution in [-0.4, -0.2) is 29.6 Å². The number of non-ortho nitro benzene ring substituents is 1. The van der Waals surface area contributed by atoms with E-state index in [2.05, 4.69) is 4.72 Å². The maximum Gasteiger partial charge on any atom is 0.270 e. The minimum Gasteiger partial charge on any atom is -0.386 e. The molecule has 9 heteroatoms. The van der Waals surface area contributed by atoms with E-state index in [9.17, 15) is 23.6 Å². The van der Waals surface area contributed by atoms with E-state index in [0.717, 1.165) is 6.07 Å². The highest BCUT2D eigenvalue weighted by Gasteiger charge is 2.22. The van der Waals surface area contributed by atoms with Gasteiger partial charge in [0.2, 0.25) is 10.0 Å². The van der Waals surface area contributed by atoms with Crippen LogP contribution in [0, 0.1) is 17.0 Å². The maximum absolute atomic E-state index is 12.3. The van der Waals surface area contributed by atoms with Gasteiger partial charge in [0.25, 0.3) is 5.69 Å². The fourth-order valence-corrected chi connectivity index (χ4v) is 3.48. The number of rotatable bonds is 6. The van der Waals surface area contributed by atoms with E-state index < -0.39 is 21.1 Å². The summed E-state index contributed by atoms with van der Waals surface area (Å²) < 4.78 is 28.6. The first kappa shape index (κ1) is 17.1. The zero-order chi connectivity index (χ0) is 17.2. The van der Waals surface area contributed by atoms with Gasteiger partial charge in [-0.05, 0) is 24.6 Å². The van der Waals surface area contributed by atoms with Crippen molar-refractivity contribution < 1.29 is 18.4 Å². The Kier molecular flexibility index (Phi) is 4.83. The lowest BCUT2D eigenvalue weighted by atomic mass is 10.2. The zero-order valence-corrected chi connectivity index (χ0v) is 13.4. The third kappa shape index (κ3) is 3.76. The minimum atomic E-state index is -3.97. The number of benzene rings is 1. The molecule has 0 saturated carbocycles. The maximum atomic E-state index is 12.3. The third-order valence-electron chi connectivity index (χ3n) is 3.46. The second kappa shape index (κ2) is 6.49. The molecule has 0 saturated heterocycles. The molecule has 124 valence electrons. The number of hydrogen-bond acceptors (Lipinski definition) is 5. The molecule has 0 spiro atoms. The van der Waals surface area contributed by atoms with E-state index >= 15 is 0 Å². The van der Waals surface area contributed by atoms with Gasteiger partial charge < -0.3 is 9.67 Å². The number of nitro groups is 1. The standard InChI is InChI=1S/C14H17N3O5S/c1-10-5-6-11(17(19)20)8-14(10)23(21,22)15-9-13(18)12-4-3-7-16(12)2/h3-8,13,15,18H,9H2,1-2H3. The van der Waals surface area contributed by atoms with Crippen LogP contribution in [0.5, 0.6) is 0 Å². The van der Waals surface area contributed by atoms with Crippen molar-refractivity contribution in [1.29, 1.82) is 0 Å². The highest BCUT2D eigenvalue weighted by atomic mass is 32.2. The number of nitrogens with one attached hydrogen (secondary N) is 1. The van der Waals surface area contributed by atoms with Crippen LogP contribution in [0.25, 0.3) is 0 Å². The fourth-order valence-electron chi connectivity index (χ4n) is 2.18. The summed E-state index contributed by atoms with van der Waals surface area (Å²) in [4.78, 5) is 9.97. The number of aryl methyl sites for hydroxylation is 2. The van der Waals surface area contributed by atoms with Gasteiger partial charge in [-0.25, -0.2) is 13.1 Å². The number of aliphatic hydroxyl groups excluding tert-OH is 1. The number of aliphatic hydroxyl groups is 1. The Labute approximate surface area is 133 Å². The Balaban J connectivity index is 2.21. The quantitative estimate of drug-likeness (QED) is 0.607. The molecule has 2 N–H and O–H groups in total. The molecule has 0 fully saturated rings. The molecule has 1 atom stereocenters. The average Bonchev–Trinajstić information content (AvgIpc) is 2.91. The summed E-state index contributed by atoms with van der Waals surface area (Å²) >= 11 is 0. The van der Waals surface area contributed by atoms with Crippen molar-refractivity contribution in [3.8, 4) is 0 Å². The van der Waals surface area contributed by atoms with Crippen LogP contribution >= 0.6 is 0 Å². The SMILES string of the molecule is Cc1ccc([N+](=O)[O-])cc1S(=O)(=O)NCC(O)c1cccn1C. The molecule has 1 aromatic carbocycles. The zero-order valence-electron chi connectivity index (χ0n) is 12.6. The van der Waals surface area contributed by atoms with E-state index in [-0.39, 0.29) is 17.1 Å². The summed E-state index contributed by atoms with van der Waals surface area (Å²) in [5.74, 6) is 0. The molecule has 2 rings (SSSR count). The van der Waals surface area contributed by atoms with Crippen LogP contribution in [0.4, 0.5) is 5.69 Å². The van der Waals surface area contributed by atoms with Gasteiger partial charge in [0.05, 0.1) is 9.82 Å². The Hall–Kier alpha value is -2.23. The number of nitro benzene ring substituents is 1. The highest BCUT2D eigenvalue weighted by Crippen LogP contribution is 2.22.